The van der Waals surface area contributed by atoms with Crippen molar-refractivity contribution in [2.24, 2.45) is 5.92 Å². The first-order chi connectivity index (χ1) is 8.79. The van der Waals surface area contributed by atoms with E-state index < -0.39 is 0 Å². The van der Waals surface area contributed by atoms with Crippen LogP contribution >= 0.6 is 11.6 Å². The molecule has 1 atom stereocenters. The van der Waals surface area contributed by atoms with Crippen molar-refractivity contribution in [1.82, 2.24) is 5.32 Å². The van der Waals surface area contributed by atoms with Crippen LogP contribution in [-0.4, -0.2) is 26.3 Å². The highest BCUT2D eigenvalue weighted by molar-refractivity contribution is 6.31. The fourth-order valence-corrected chi connectivity index (χ4v) is 2.37. The number of rotatable bonds is 8. The van der Waals surface area contributed by atoms with Gasteiger partial charge in [-0.05, 0) is 49.8 Å². The van der Waals surface area contributed by atoms with E-state index in [0.29, 0.717) is 5.92 Å². The van der Waals surface area contributed by atoms with Crippen LogP contribution < -0.4 is 5.32 Å². The van der Waals surface area contributed by atoms with Crippen molar-refractivity contribution in [2.75, 3.05) is 20.3 Å². The van der Waals surface area contributed by atoms with E-state index in [4.69, 9.17) is 16.3 Å². The molecule has 0 spiro atoms. The van der Waals surface area contributed by atoms with Gasteiger partial charge in [0.25, 0.3) is 0 Å². The first kappa shape index (κ1) is 13.9. The summed E-state index contributed by atoms with van der Waals surface area (Å²) in [6, 6.07) is 8.90. The third kappa shape index (κ3) is 4.60. The van der Waals surface area contributed by atoms with E-state index in [1.165, 1.54) is 18.4 Å². The van der Waals surface area contributed by atoms with Crippen LogP contribution in [0.15, 0.2) is 24.3 Å². The van der Waals surface area contributed by atoms with Gasteiger partial charge >= 0.3 is 0 Å². The van der Waals surface area contributed by atoms with Crippen LogP contribution in [0.5, 0.6) is 0 Å². The maximum absolute atomic E-state index is 6.23. The molecule has 3 heteroatoms. The zero-order chi connectivity index (χ0) is 12.8. The molecule has 1 fully saturated rings. The van der Waals surface area contributed by atoms with Crippen molar-refractivity contribution in [3.05, 3.63) is 34.9 Å². The molecule has 1 unspecified atom stereocenters. The quantitative estimate of drug-likeness (QED) is 0.780. The van der Waals surface area contributed by atoms with Gasteiger partial charge in [-0.3, -0.25) is 0 Å². The SMILES string of the molecule is COCCC(CNC1CC1)Cc1ccccc1Cl. The molecule has 0 radical (unpaired) electrons. The molecule has 100 valence electrons. The van der Waals surface area contributed by atoms with E-state index in [1.807, 2.05) is 12.1 Å². The molecule has 2 nitrogen and oxygen atoms in total. The molecular formula is C15H22ClNO. The molecule has 0 heterocycles. The second kappa shape index (κ2) is 7.13. The van der Waals surface area contributed by atoms with Gasteiger partial charge in [0.2, 0.25) is 0 Å². The minimum Gasteiger partial charge on any atom is -0.385 e. The summed E-state index contributed by atoms with van der Waals surface area (Å²) < 4.78 is 5.20. The molecule has 2 rings (SSSR count). The first-order valence-electron chi connectivity index (χ1n) is 6.75. The number of nitrogens with one attached hydrogen (secondary N) is 1. The Bertz CT molecular complexity index is 365. The van der Waals surface area contributed by atoms with Crippen LogP contribution in [0.3, 0.4) is 0 Å². The van der Waals surface area contributed by atoms with Crippen LogP contribution in [-0.2, 0) is 11.2 Å². The van der Waals surface area contributed by atoms with Crippen molar-refractivity contribution in [3.8, 4) is 0 Å². The maximum atomic E-state index is 6.23. The van der Waals surface area contributed by atoms with E-state index in [0.717, 1.165) is 37.1 Å². The fraction of sp³-hybridized carbons (Fsp3) is 0.600. The third-order valence-electron chi connectivity index (χ3n) is 3.47. The molecule has 0 bridgehead atoms. The standard InChI is InChI=1S/C15H22ClNO/c1-18-9-8-12(11-17-14-6-7-14)10-13-4-2-3-5-15(13)16/h2-5,12,14,17H,6-11H2,1H3. The second-order valence-corrected chi connectivity index (χ2v) is 5.53. The minimum absolute atomic E-state index is 0.602. The highest BCUT2D eigenvalue weighted by Gasteiger charge is 2.22. The minimum atomic E-state index is 0.602. The zero-order valence-corrected chi connectivity index (χ0v) is 11.7. The Kier molecular flexibility index (Phi) is 5.48. The molecule has 1 saturated carbocycles. The second-order valence-electron chi connectivity index (χ2n) is 5.13. The predicted octanol–water partition coefficient (Wildman–Crippen LogP) is 3.29. The smallest absolute Gasteiger partial charge is 0.0465 e. The Morgan fingerprint density at radius 2 is 2.17 bits per heavy atom. The van der Waals surface area contributed by atoms with E-state index in [-0.39, 0.29) is 0 Å². The summed E-state index contributed by atoms with van der Waals surface area (Å²) in [6.45, 7) is 1.89. The summed E-state index contributed by atoms with van der Waals surface area (Å²) in [7, 11) is 1.76. The summed E-state index contributed by atoms with van der Waals surface area (Å²) in [4.78, 5) is 0. The molecule has 18 heavy (non-hydrogen) atoms. The van der Waals surface area contributed by atoms with Crippen molar-refractivity contribution in [1.29, 1.82) is 0 Å². The largest absolute Gasteiger partial charge is 0.385 e. The number of halogens is 1. The van der Waals surface area contributed by atoms with Crippen molar-refractivity contribution in [2.45, 2.75) is 31.7 Å². The summed E-state index contributed by atoms with van der Waals surface area (Å²) >= 11 is 6.23. The summed E-state index contributed by atoms with van der Waals surface area (Å²) in [5, 5.41) is 4.49. The number of hydrogen-bond acceptors (Lipinski definition) is 2. The van der Waals surface area contributed by atoms with Gasteiger partial charge < -0.3 is 10.1 Å². The lowest BCUT2D eigenvalue weighted by Gasteiger charge is -2.18. The van der Waals surface area contributed by atoms with Crippen LogP contribution in [0.1, 0.15) is 24.8 Å². The van der Waals surface area contributed by atoms with Gasteiger partial charge in [-0.25, -0.2) is 0 Å². The Balaban J connectivity index is 1.87. The molecular weight excluding hydrogens is 246 g/mol. The van der Waals surface area contributed by atoms with Gasteiger partial charge in [-0.1, -0.05) is 29.8 Å². The van der Waals surface area contributed by atoms with E-state index in [2.05, 4.69) is 17.4 Å². The lowest BCUT2D eigenvalue weighted by molar-refractivity contribution is 0.176. The number of methoxy groups -OCH3 is 1. The summed E-state index contributed by atoms with van der Waals surface area (Å²) in [6.07, 6.45) is 4.79. The highest BCUT2D eigenvalue weighted by atomic mass is 35.5. The van der Waals surface area contributed by atoms with Crippen molar-refractivity contribution >= 4 is 11.6 Å². The summed E-state index contributed by atoms with van der Waals surface area (Å²) in [5.41, 5.74) is 1.25. The van der Waals surface area contributed by atoms with Crippen LogP contribution in [0.2, 0.25) is 5.02 Å². The molecule has 1 aliphatic rings. The number of ether oxygens (including phenoxy) is 1. The average molecular weight is 268 g/mol. The normalized spacial score (nSPS) is 16.8. The third-order valence-corrected chi connectivity index (χ3v) is 3.84. The molecule has 0 aromatic heterocycles. The van der Waals surface area contributed by atoms with Gasteiger partial charge in [-0.15, -0.1) is 0 Å². The molecule has 1 N–H and O–H groups in total. The maximum Gasteiger partial charge on any atom is 0.0465 e. The Hall–Kier alpha value is -0.570. The van der Waals surface area contributed by atoms with Gasteiger partial charge in [0.15, 0.2) is 0 Å². The van der Waals surface area contributed by atoms with Crippen LogP contribution in [0, 0.1) is 5.92 Å². The van der Waals surface area contributed by atoms with Gasteiger partial charge in [-0.2, -0.15) is 0 Å². The topological polar surface area (TPSA) is 21.3 Å². The molecule has 1 aromatic carbocycles. The van der Waals surface area contributed by atoms with E-state index in [1.54, 1.807) is 7.11 Å². The van der Waals surface area contributed by atoms with Crippen LogP contribution in [0.25, 0.3) is 0 Å². The van der Waals surface area contributed by atoms with Gasteiger partial charge in [0.1, 0.15) is 0 Å². The van der Waals surface area contributed by atoms with Crippen molar-refractivity contribution < 1.29 is 4.74 Å². The van der Waals surface area contributed by atoms with Gasteiger partial charge in [0.05, 0.1) is 0 Å². The average Bonchev–Trinajstić information content (AvgIpc) is 3.19. The van der Waals surface area contributed by atoms with Crippen molar-refractivity contribution in [3.63, 3.8) is 0 Å². The Morgan fingerprint density at radius 1 is 1.39 bits per heavy atom. The molecule has 0 saturated heterocycles. The van der Waals surface area contributed by atoms with E-state index >= 15 is 0 Å². The highest BCUT2D eigenvalue weighted by Crippen LogP contribution is 2.22. The predicted molar refractivity (Wildman–Crippen MR) is 76.2 cm³/mol. The molecule has 1 aliphatic carbocycles. The molecule has 0 aliphatic heterocycles. The Morgan fingerprint density at radius 3 is 2.83 bits per heavy atom. The number of hydrogen-bond donors (Lipinski definition) is 1. The molecule has 1 aromatic rings. The zero-order valence-electron chi connectivity index (χ0n) is 11.0. The van der Waals surface area contributed by atoms with Gasteiger partial charge in [0, 0.05) is 24.8 Å². The monoisotopic (exact) mass is 267 g/mol. The van der Waals surface area contributed by atoms with Crippen LogP contribution in [0.4, 0.5) is 0 Å². The fourth-order valence-electron chi connectivity index (χ4n) is 2.16. The Labute approximate surface area is 115 Å². The number of benzene rings is 1. The lowest BCUT2D eigenvalue weighted by Crippen LogP contribution is -2.27. The summed E-state index contributed by atoms with van der Waals surface area (Å²) in [5.74, 6) is 0.602. The lowest BCUT2D eigenvalue weighted by atomic mass is 9.96. The van der Waals surface area contributed by atoms with E-state index in [9.17, 15) is 0 Å². The first-order valence-corrected chi connectivity index (χ1v) is 7.13. The molecule has 0 amide bonds.